The maximum absolute atomic E-state index is 12.7. The molecule has 28 heavy (non-hydrogen) atoms. The van der Waals surface area contributed by atoms with E-state index in [9.17, 15) is 19.2 Å². The van der Waals surface area contributed by atoms with E-state index in [-0.39, 0.29) is 24.6 Å². The molecule has 3 N–H and O–H groups in total. The number of imide groups is 1. The fourth-order valence-electron chi connectivity index (χ4n) is 3.02. The molecule has 2 aromatic rings. The van der Waals surface area contributed by atoms with Crippen molar-refractivity contribution in [3.63, 3.8) is 0 Å². The molecule has 152 valence electrons. The van der Waals surface area contributed by atoms with Crippen molar-refractivity contribution in [2.24, 2.45) is 11.7 Å². The van der Waals surface area contributed by atoms with Crippen LogP contribution in [0.15, 0.2) is 29.1 Å². The molecule has 0 bridgehead atoms. The number of fused-ring (bicyclic) bond motifs is 1. The van der Waals surface area contributed by atoms with Crippen LogP contribution < -0.4 is 16.7 Å². The summed E-state index contributed by atoms with van der Waals surface area (Å²) in [6, 6.07) is 6.37. The standard InChI is InChI=1S/C19H26N4O5/c1-4-10-22-13-7-5-6-8-14(13)23(19(22)27)11-9-15(24)28-16(12(2)3)17(25)21-18(20)26/h5-8,12,16H,4,9-11H2,1-3H3,(H3,20,21,25,26)/t16-/m1/s1. The van der Waals surface area contributed by atoms with Crippen molar-refractivity contribution in [1.29, 1.82) is 0 Å². The number of hydrogen-bond donors (Lipinski definition) is 2. The third kappa shape index (κ3) is 4.79. The number of urea groups is 1. The number of rotatable bonds is 8. The minimum atomic E-state index is -1.14. The molecule has 0 spiro atoms. The molecule has 3 amide bonds. The van der Waals surface area contributed by atoms with E-state index in [2.05, 4.69) is 0 Å². The van der Waals surface area contributed by atoms with Crippen molar-refractivity contribution in [3.8, 4) is 0 Å². The SMILES string of the molecule is CCCn1c(=O)n(CCC(=O)O[C@@H](C(=O)NC(N)=O)C(C)C)c2ccccc21. The second-order valence-electron chi connectivity index (χ2n) is 6.83. The van der Waals surface area contributed by atoms with Gasteiger partial charge in [0.1, 0.15) is 0 Å². The fourth-order valence-corrected chi connectivity index (χ4v) is 3.02. The lowest BCUT2D eigenvalue weighted by Gasteiger charge is -2.19. The lowest BCUT2D eigenvalue weighted by Crippen LogP contribution is -2.45. The van der Waals surface area contributed by atoms with Gasteiger partial charge in [-0.15, -0.1) is 0 Å². The van der Waals surface area contributed by atoms with E-state index in [1.165, 1.54) is 4.57 Å². The summed E-state index contributed by atoms with van der Waals surface area (Å²) in [6.07, 6.45) is -0.424. The van der Waals surface area contributed by atoms with Crippen LogP contribution in [0.1, 0.15) is 33.6 Å². The number of ether oxygens (including phenoxy) is 1. The van der Waals surface area contributed by atoms with Crippen LogP contribution in [0.2, 0.25) is 0 Å². The first-order valence-electron chi connectivity index (χ1n) is 9.24. The molecule has 0 saturated heterocycles. The number of hydrogen-bond acceptors (Lipinski definition) is 5. The molecule has 1 heterocycles. The van der Waals surface area contributed by atoms with E-state index < -0.39 is 24.0 Å². The average molecular weight is 390 g/mol. The molecule has 9 heteroatoms. The number of benzene rings is 1. The number of nitrogens with one attached hydrogen (secondary N) is 1. The van der Waals surface area contributed by atoms with E-state index in [1.54, 1.807) is 18.4 Å². The Morgan fingerprint density at radius 1 is 1.11 bits per heavy atom. The van der Waals surface area contributed by atoms with Gasteiger partial charge in [-0.2, -0.15) is 0 Å². The van der Waals surface area contributed by atoms with Crippen molar-refractivity contribution in [1.82, 2.24) is 14.5 Å². The summed E-state index contributed by atoms with van der Waals surface area (Å²) >= 11 is 0. The van der Waals surface area contributed by atoms with Crippen molar-refractivity contribution in [3.05, 3.63) is 34.7 Å². The van der Waals surface area contributed by atoms with Crippen molar-refractivity contribution < 1.29 is 19.1 Å². The molecule has 0 unspecified atom stereocenters. The third-order valence-corrected chi connectivity index (χ3v) is 4.28. The first kappa shape index (κ1) is 21.2. The van der Waals surface area contributed by atoms with Gasteiger partial charge in [0.05, 0.1) is 17.5 Å². The van der Waals surface area contributed by atoms with E-state index in [4.69, 9.17) is 10.5 Å². The Kier molecular flexibility index (Phi) is 6.97. The third-order valence-electron chi connectivity index (χ3n) is 4.28. The number of imidazole rings is 1. The predicted octanol–water partition coefficient (Wildman–Crippen LogP) is 1.37. The zero-order valence-electron chi connectivity index (χ0n) is 16.3. The van der Waals surface area contributed by atoms with E-state index in [0.29, 0.717) is 6.54 Å². The summed E-state index contributed by atoms with van der Waals surface area (Å²) in [5, 5.41) is 1.92. The largest absolute Gasteiger partial charge is 0.452 e. The summed E-state index contributed by atoms with van der Waals surface area (Å²) < 4.78 is 8.43. The normalized spacial score (nSPS) is 12.1. The van der Waals surface area contributed by atoms with Gasteiger partial charge in [-0.25, -0.2) is 9.59 Å². The highest BCUT2D eigenvalue weighted by Gasteiger charge is 2.27. The highest BCUT2D eigenvalue weighted by atomic mass is 16.5. The fraction of sp³-hybridized carbons (Fsp3) is 0.474. The molecule has 0 saturated carbocycles. The topological polar surface area (TPSA) is 125 Å². The molecule has 2 rings (SSSR count). The summed E-state index contributed by atoms with van der Waals surface area (Å²) in [5.41, 5.74) is 6.30. The lowest BCUT2D eigenvalue weighted by atomic mass is 10.1. The van der Waals surface area contributed by atoms with Gasteiger partial charge in [0.15, 0.2) is 6.10 Å². The van der Waals surface area contributed by atoms with Gasteiger partial charge in [-0.05, 0) is 24.5 Å². The molecular formula is C19H26N4O5. The van der Waals surface area contributed by atoms with E-state index in [0.717, 1.165) is 17.5 Å². The molecule has 1 aromatic heterocycles. The maximum atomic E-state index is 12.7. The summed E-state index contributed by atoms with van der Waals surface area (Å²) in [5.74, 6) is -1.76. The molecule has 1 aromatic carbocycles. The second kappa shape index (κ2) is 9.20. The molecule has 1 atom stereocenters. The van der Waals surface area contributed by atoms with Crippen LogP contribution >= 0.6 is 0 Å². The van der Waals surface area contributed by atoms with Gasteiger partial charge < -0.3 is 10.5 Å². The highest BCUT2D eigenvalue weighted by molar-refractivity contribution is 5.96. The van der Waals surface area contributed by atoms with E-state index >= 15 is 0 Å². The van der Waals surface area contributed by atoms with Crippen LogP contribution in [0.5, 0.6) is 0 Å². The first-order chi connectivity index (χ1) is 13.3. The molecule has 9 nitrogen and oxygen atoms in total. The minimum Gasteiger partial charge on any atom is -0.452 e. The van der Waals surface area contributed by atoms with Crippen molar-refractivity contribution >= 4 is 28.9 Å². The van der Waals surface area contributed by atoms with Crippen LogP contribution in [0.25, 0.3) is 11.0 Å². The smallest absolute Gasteiger partial charge is 0.329 e. The van der Waals surface area contributed by atoms with Gasteiger partial charge in [-0.1, -0.05) is 32.9 Å². The Labute approximate surface area is 162 Å². The van der Waals surface area contributed by atoms with Gasteiger partial charge in [0.25, 0.3) is 5.91 Å². The number of carbonyl (C=O) groups excluding carboxylic acids is 3. The number of nitrogens with two attached hydrogens (primary N) is 1. The Bertz CT molecular complexity index is 928. The zero-order chi connectivity index (χ0) is 20.8. The van der Waals surface area contributed by atoms with Gasteiger partial charge >= 0.3 is 17.7 Å². The number of esters is 1. The summed E-state index contributed by atoms with van der Waals surface area (Å²) in [6.45, 7) is 6.05. The quantitative estimate of drug-likeness (QED) is 0.659. The Hall–Kier alpha value is -3.10. The Morgan fingerprint density at radius 3 is 2.18 bits per heavy atom. The number of primary amides is 1. The number of carbonyl (C=O) groups is 3. The minimum absolute atomic E-state index is 0.0902. The van der Waals surface area contributed by atoms with Gasteiger partial charge in [0.2, 0.25) is 0 Å². The van der Waals surface area contributed by atoms with Gasteiger partial charge in [0, 0.05) is 13.1 Å². The van der Waals surface area contributed by atoms with Crippen LogP contribution in [-0.4, -0.2) is 33.1 Å². The monoisotopic (exact) mass is 390 g/mol. The van der Waals surface area contributed by atoms with Crippen LogP contribution in [0, 0.1) is 5.92 Å². The number of aryl methyl sites for hydroxylation is 2. The molecule has 0 aliphatic heterocycles. The summed E-state index contributed by atoms with van der Waals surface area (Å²) in [4.78, 5) is 47.8. The first-order valence-corrected chi connectivity index (χ1v) is 9.24. The predicted molar refractivity (Wildman–Crippen MR) is 104 cm³/mol. The Balaban J connectivity index is 2.14. The van der Waals surface area contributed by atoms with E-state index in [1.807, 2.05) is 36.5 Å². The van der Waals surface area contributed by atoms with Crippen LogP contribution in [0.3, 0.4) is 0 Å². The lowest BCUT2D eigenvalue weighted by molar-refractivity contribution is -0.158. The van der Waals surface area contributed by atoms with Crippen molar-refractivity contribution in [2.75, 3.05) is 0 Å². The number of aromatic nitrogens is 2. The van der Waals surface area contributed by atoms with Crippen LogP contribution in [0.4, 0.5) is 4.79 Å². The number of para-hydroxylation sites is 2. The molecule has 0 radical (unpaired) electrons. The average Bonchev–Trinajstić information content (AvgIpc) is 2.89. The number of nitrogens with zero attached hydrogens (tertiary/aromatic N) is 2. The Morgan fingerprint density at radius 2 is 1.68 bits per heavy atom. The molecule has 0 fully saturated rings. The molecular weight excluding hydrogens is 364 g/mol. The van der Waals surface area contributed by atoms with Gasteiger partial charge in [-0.3, -0.25) is 24.0 Å². The molecule has 0 aliphatic carbocycles. The highest BCUT2D eigenvalue weighted by Crippen LogP contribution is 2.14. The number of amides is 3. The van der Waals surface area contributed by atoms with Crippen molar-refractivity contribution in [2.45, 2.75) is 52.8 Å². The second-order valence-corrected chi connectivity index (χ2v) is 6.83. The summed E-state index contributed by atoms with van der Waals surface area (Å²) in [7, 11) is 0. The molecule has 0 aliphatic rings. The van der Waals surface area contributed by atoms with Crippen LogP contribution in [-0.2, 0) is 27.4 Å². The maximum Gasteiger partial charge on any atom is 0.329 e. The zero-order valence-corrected chi connectivity index (χ0v) is 16.3.